The molecule has 2 nitrogen and oxygen atoms in total. The molecule has 0 aliphatic carbocycles. The van der Waals surface area contributed by atoms with Crippen molar-refractivity contribution in [3.63, 3.8) is 0 Å². The van der Waals surface area contributed by atoms with Crippen molar-refractivity contribution in [2.75, 3.05) is 0 Å². The molecule has 176 valence electrons. The van der Waals surface area contributed by atoms with Gasteiger partial charge in [0.1, 0.15) is 0 Å². The lowest BCUT2D eigenvalue weighted by molar-refractivity contribution is 1.36. The van der Waals surface area contributed by atoms with Crippen molar-refractivity contribution in [2.45, 2.75) is 0 Å². The molecule has 4 aromatic heterocycles. The van der Waals surface area contributed by atoms with Crippen LogP contribution in [0.1, 0.15) is 0 Å². The Kier molecular flexibility index (Phi) is 3.58. The van der Waals surface area contributed by atoms with Gasteiger partial charge in [-0.3, -0.25) is 2.78 Å². The van der Waals surface area contributed by atoms with Crippen LogP contribution in [0.25, 0.3) is 90.8 Å². The van der Waals surface area contributed by atoms with Gasteiger partial charge in [-0.1, -0.05) is 78.9 Å². The minimum Gasteiger partial charge on any atom is -0.308 e. The summed E-state index contributed by atoms with van der Waals surface area (Å²) in [6.07, 6.45) is 0. The van der Waals surface area contributed by atoms with Crippen molar-refractivity contribution in [2.24, 2.45) is 0 Å². The summed E-state index contributed by atoms with van der Waals surface area (Å²) in [7, 11) is 0. The number of rotatable bonds is 0. The van der Waals surface area contributed by atoms with Gasteiger partial charge in [-0.2, -0.15) is 0 Å². The molecule has 10 aromatic rings. The van der Waals surface area contributed by atoms with Crippen LogP contribution in [-0.2, 0) is 0 Å². The van der Waals surface area contributed by atoms with E-state index in [1.165, 1.54) is 90.8 Å². The maximum atomic E-state index is 2.55. The van der Waals surface area contributed by atoms with E-state index in [4.69, 9.17) is 0 Å². The lowest BCUT2D eigenvalue weighted by Gasteiger charge is -2.06. The highest BCUT2D eigenvalue weighted by atomic mass is 127. The smallest absolute Gasteiger partial charge is 0.0790 e. The van der Waals surface area contributed by atoms with Crippen molar-refractivity contribution in [1.82, 2.24) is 7.18 Å². The molecule has 0 unspecified atom stereocenters. The molecule has 0 saturated carbocycles. The highest BCUT2D eigenvalue weighted by Crippen LogP contribution is 2.50. The molecule has 4 heterocycles. The molecule has 0 fully saturated rings. The van der Waals surface area contributed by atoms with Crippen LogP contribution in [0.5, 0.6) is 0 Å². The maximum Gasteiger partial charge on any atom is 0.0790 e. The Morgan fingerprint density at radius 3 is 2.16 bits per heavy atom. The molecule has 0 atom stereocenters. The average Bonchev–Trinajstić information content (AvgIpc) is 3.56. The molecular formula is C34H17IN2S. The molecular weight excluding hydrogens is 595 g/mol. The summed E-state index contributed by atoms with van der Waals surface area (Å²) < 4.78 is 7.69. The Hall–Kier alpha value is -3.87. The zero-order valence-electron chi connectivity index (χ0n) is 20.0. The molecule has 0 saturated heterocycles. The Bertz CT molecular complexity index is 2630. The van der Waals surface area contributed by atoms with Gasteiger partial charge in [-0.05, 0) is 35.0 Å². The Balaban J connectivity index is 1.72. The predicted molar refractivity (Wildman–Crippen MR) is 174 cm³/mol. The number of aromatic nitrogens is 2. The first-order chi connectivity index (χ1) is 18.8. The first-order valence-corrected chi connectivity index (χ1v) is 14.6. The van der Waals surface area contributed by atoms with E-state index in [2.05, 4.69) is 133 Å². The van der Waals surface area contributed by atoms with Crippen molar-refractivity contribution in [3.05, 3.63) is 103 Å². The Labute approximate surface area is 234 Å². The molecule has 0 bridgehead atoms. The fraction of sp³-hybridized carbons (Fsp3) is 0. The lowest BCUT2D eigenvalue weighted by Crippen LogP contribution is -1.87. The van der Waals surface area contributed by atoms with Crippen LogP contribution in [-0.4, -0.2) is 7.18 Å². The van der Waals surface area contributed by atoms with Crippen LogP contribution in [0.15, 0.2) is 103 Å². The van der Waals surface area contributed by atoms with Gasteiger partial charge in [0.15, 0.2) is 0 Å². The number of para-hydroxylation sites is 2. The third kappa shape index (κ3) is 2.19. The molecule has 0 spiro atoms. The Morgan fingerprint density at radius 2 is 1.24 bits per heavy atom. The van der Waals surface area contributed by atoms with Gasteiger partial charge in [0.2, 0.25) is 0 Å². The molecule has 4 heteroatoms. The van der Waals surface area contributed by atoms with Crippen molar-refractivity contribution in [1.29, 1.82) is 0 Å². The number of hydrogen-bond acceptors (Lipinski definition) is 1. The summed E-state index contributed by atoms with van der Waals surface area (Å²) in [5.74, 6) is 0. The van der Waals surface area contributed by atoms with Gasteiger partial charge >= 0.3 is 0 Å². The summed E-state index contributed by atoms with van der Waals surface area (Å²) in [5.41, 5.74) is 6.46. The number of fused-ring (bicyclic) bond motifs is 11. The molecule has 0 radical (unpaired) electrons. The van der Waals surface area contributed by atoms with Crippen LogP contribution in [0.4, 0.5) is 0 Å². The molecule has 0 aliphatic heterocycles. The summed E-state index contributed by atoms with van der Waals surface area (Å²) in [6, 6.07) is 38.4. The second-order valence-corrected chi connectivity index (χ2v) is 12.3. The summed E-state index contributed by atoms with van der Waals surface area (Å²) >= 11 is 4.47. The zero-order valence-corrected chi connectivity index (χ0v) is 23.0. The third-order valence-corrected chi connectivity index (χ3v) is 10.7. The van der Waals surface area contributed by atoms with Gasteiger partial charge in [0.05, 0.1) is 55.1 Å². The van der Waals surface area contributed by atoms with Crippen molar-refractivity contribution >= 4 is 125 Å². The van der Waals surface area contributed by atoms with Crippen molar-refractivity contribution in [3.8, 4) is 0 Å². The molecule has 0 N–H and O–H groups in total. The van der Waals surface area contributed by atoms with E-state index in [1.54, 1.807) is 0 Å². The largest absolute Gasteiger partial charge is 0.308 e. The minimum absolute atomic E-state index is 1.27. The summed E-state index contributed by atoms with van der Waals surface area (Å²) in [6.45, 7) is 0. The van der Waals surface area contributed by atoms with Crippen LogP contribution >= 0.6 is 34.2 Å². The monoisotopic (exact) mass is 612 g/mol. The SMILES string of the molecule is In1c2cc3ccccc3c3c4cccc5c6ccccc6n(c6cc7c8ccccc8sc7c1c6c32)c54. The Morgan fingerprint density at radius 1 is 0.500 bits per heavy atom. The normalized spacial score (nSPS) is 12.9. The highest BCUT2D eigenvalue weighted by molar-refractivity contribution is 14.1. The topological polar surface area (TPSA) is 9.34 Å². The molecule has 0 amide bonds. The van der Waals surface area contributed by atoms with Gasteiger partial charge in [-0.15, -0.1) is 11.3 Å². The number of benzene rings is 6. The fourth-order valence-corrected chi connectivity index (χ4v) is 9.30. The van der Waals surface area contributed by atoms with E-state index < -0.39 is 0 Å². The molecule has 38 heavy (non-hydrogen) atoms. The van der Waals surface area contributed by atoms with E-state index >= 15 is 0 Å². The number of hydrogen-bond donors (Lipinski definition) is 0. The first kappa shape index (κ1) is 20.1. The summed E-state index contributed by atoms with van der Waals surface area (Å²) in [5, 5.41) is 13.3. The van der Waals surface area contributed by atoms with Crippen LogP contribution in [0, 0.1) is 0 Å². The van der Waals surface area contributed by atoms with Crippen LogP contribution in [0.3, 0.4) is 0 Å². The van der Waals surface area contributed by atoms with Crippen LogP contribution in [0.2, 0.25) is 0 Å². The fourth-order valence-electron chi connectivity index (χ4n) is 7.05. The van der Waals surface area contributed by atoms with Crippen LogP contribution < -0.4 is 0 Å². The van der Waals surface area contributed by atoms with Gasteiger partial charge < -0.3 is 4.40 Å². The van der Waals surface area contributed by atoms with Gasteiger partial charge in [0, 0.05) is 47.8 Å². The average molecular weight is 612 g/mol. The van der Waals surface area contributed by atoms with E-state index in [0.29, 0.717) is 0 Å². The maximum absolute atomic E-state index is 2.55. The predicted octanol–water partition coefficient (Wildman–Crippen LogP) is 10.7. The zero-order chi connectivity index (χ0) is 24.7. The van der Waals surface area contributed by atoms with E-state index in [0.717, 1.165) is 0 Å². The number of thiophene rings is 1. The first-order valence-electron chi connectivity index (χ1n) is 12.8. The third-order valence-electron chi connectivity index (χ3n) is 8.51. The summed E-state index contributed by atoms with van der Waals surface area (Å²) in [4.78, 5) is 0. The second-order valence-electron chi connectivity index (χ2n) is 10.3. The number of nitrogens with zero attached hydrogens (tertiary/aromatic N) is 2. The standard InChI is InChI=1S/C34H17IN2S/c35-37-27-16-18-8-1-2-9-19(18)29-23-13-7-12-22-20-10-3-5-14-25(20)36(32(22)23)26-17-24-21-11-4-6-15-28(21)38-34(24)33(37)31(26)30(27)29/h1-17H. The molecule has 0 aliphatic rings. The van der Waals surface area contributed by atoms with Gasteiger partial charge in [-0.25, -0.2) is 0 Å². The molecule has 6 aromatic carbocycles. The van der Waals surface area contributed by atoms with E-state index in [1.807, 2.05) is 11.3 Å². The van der Waals surface area contributed by atoms with Gasteiger partial charge in [0.25, 0.3) is 0 Å². The minimum atomic E-state index is 1.27. The van der Waals surface area contributed by atoms with E-state index in [9.17, 15) is 0 Å². The lowest BCUT2D eigenvalue weighted by atomic mass is 9.97. The quantitative estimate of drug-likeness (QED) is 0.151. The highest BCUT2D eigenvalue weighted by Gasteiger charge is 2.25. The van der Waals surface area contributed by atoms with Crippen molar-refractivity contribution < 1.29 is 0 Å². The molecule has 10 rings (SSSR count). The number of halogens is 1. The second kappa shape index (κ2) is 6.76. The van der Waals surface area contributed by atoms with E-state index in [-0.39, 0.29) is 0 Å².